The van der Waals surface area contributed by atoms with Gasteiger partial charge in [0.1, 0.15) is 0 Å². The lowest BCUT2D eigenvalue weighted by atomic mass is 10.0. The van der Waals surface area contributed by atoms with Crippen LogP contribution in [-0.4, -0.2) is 37.1 Å². The normalized spacial score (nSPS) is 14.6. The number of para-hydroxylation sites is 1. The van der Waals surface area contributed by atoms with Crippen molar-refractivity contribution in [3.8, 4) is 0 Å². The molecule has 124 valence electrons. The first-order valence-electron chi connectivity index (χ1n) is 7.61. The summed E-state index contributed by atoms with van der Waals surface area (Å²) in [7, 11) is 0. The van der Waals surface area contributed by atoms with Gasteiger partial charge in [-0.05, 0) is 31.4 Å². The van der Waals surface area contributed by atoms with Crippen molar-refractivity contribution in [3.63, 3.8) is 0 Å². The van der Waals surface area contributed by atoms with Gasteiger partial charge < -0.3 is 20.7 Å². The molecule has 0 bridgehead atoms. The molecule has 23 heavy (non-hydrogen) atoms. The summed E-state index contributed by atoms with van der Waals surface area (Å²) in [6, 6.07) is 7.03. The molecule has 2 rings (SSSR count). The number of esters is 1. The van der Waals surface area contributed by atoms with E-state index in [0.29, 0.717) is 6.54 Å². The van der Waals surface area contributed by atoms with Gasteiger partial charge in [0.05, 0.1) is 6.42 Å². The molecule has 0 unspecified atom stereocenters. The summed E-state index contributed by atoms with van der Waals surface area (Å²) in [5, 5.41) is 2.30. The molecule has 1 aromatic rings. The quantitative estimate of drug-likeness (QED) is 0.789. The van der Waals surface area contributed by atoms with Gasteiger partial charge in [-0.1, -0.05) is 18.2 Å². The fourth-order valence-electron chi connectivity index (χ4n) is 2.58. The van der Waals surface area contributed by atoms with Gasteiger partial charge >= 0.3 is 12.0 Å². The number of carbonyl (C=O) groups excluding carboxylic acids is 3. The lowest BCUT2D eigenvalue weighted by Crippen LogP contribution is -2.43. The lowest BCUT2D eigenvalue weighted by molar-refractivity contribution is -0.153. The number of hydrogen-bond donors (Lipinski definition) is 2. The topological polar surface area (TPSA) is 102 Å². The number of hydrogen-bond acceptors (Lipinski definition) is 4. The van der Waals surface area contributed by atoms with Crippen LogP contribution in [0, 0.1) is 0 Å². The third-order valence-electron chi connectivity index (χ3n) is 3.66. The number of amides is 3. The first kappa shape index (κ1) is 16.8. The first-order valence-corrected chi connectivity index (χ1v) is 7.61. The highest BCUT2D eigenvalue weighted by Crippen LogP contribution is 2.27. The van der Waals surface area contributed by atoms with Crippen LogP contribution in [0.3, 0.4) is 0 Å². The minimum Gasteiger partial charge on any atom is -0.452 e. The van der Waals surface area contributed by atoms with Crippen molar-refractivity contribution < 1.29 is 19.1 Å². The molecule has 0 spiro atoms. The summed E-state index contributed by atoms with van der Waals surface area (Å²) in [4.78, 5) is 36.4. The van der Waals surface area contributed by atoms with Gasteiger partial charge in [-0.25, -0.2) is 4.79 Å². The second-order valence-electron chi connectivity index (χ2n) is 5.40. The fraction of sp³-hybridized carbons (Fsp3) is 0.438. The van der Waals surface area contributed by atoms with Gasteiger partial charge in [0.2, 0.25) is 0 Å². The molecule has 3 amide bonds. The third kappa shape index (κ3) is 4.45. The van der Waals surface area contributed by atoms with Crippen LogP contribution < -0.4 is 16.0 Å². The Kier molecular flexibility index (Phi) is 5.56. The number of rotatable bonds is 5. The highest BCUT2D eigenvalue weighted by molar-refractivity contribution is 5.98. The van der Waals surface area contributed by atoms with Gasteiger partial charge in [0.25, 0.3) is 5.91 Å². The van der Waals surface area contributed by atoms with Crippen LogP contribution in [0.5, 0.6) is 0 Å². The summed E-state index contributed by atoms with van der Waals surface area (Å²) in [6.07, 6.45) is 0.915. The molecule has 0 aromatic heterocycles. The van der Waals surface area contributed by atoms with Crippen molar-refractivity contribution in [2.75, 3.05) is 18.0 Å². The molecule has 0 saturated carbocycles. The maximum absolute atomic E-state index is 12.5. The molecule has 7 heteroatoms. The molecule has 1 aliphatic heterocycles. The van der Waals surface area contributed by atoms with E-state index in [1.54, 1.807) is 11.8 Å². The van der Waals surface area contributed by atoms with E-state index in [1.807, 2.05) is 24.3 Å². The summed E-state index contributed by atoms with van der Waals surface area (Å²) < 4.78 is 5.14. The van der Waals surface area contributed by atoms with Crippen LogP contribution >= 0.6 is 0 Å². The Balaban J connectivity index is 1.93. The van der Waals surface area contributed by atoms with Crippen LogP contribution in [0.2, 0.25) is 0 Å². The zero-order chi connectivity index (χ0) is 16.8. The summed E-state index contributed by atoms with van der Waals surface area (Å²) >= 11 is 0. The second-order valence-corrected chi connectivity index (χ2v) is 5.40. The number of anilines is 1. The molecule has 1 heterocycles. The SMILES string of the molecule is C[C@H](OC(=O)CCNC(N)=O)C(=O)N1CCCc2ccccc21. The van der Waals surface area contributed by atoms with Gasteiger partial charge in [0, 0.05) is 18.8 Å². The first-order chi connectivity index (χ1) is 11.0. The number of fused-ring (bicyclic) bond motifs is 1. The zero-order valence-corrected chi connectivity index (χ0v) is 13.1. The predicted octanol–water partition coefficient (Wildman–Crippen LogP) is 0.956. The van der Waals surface area contributed by atoms with Crippen molar-refractivity contribution in [1.82, 2.24) is 5.32 Å². The van der Waals surface area contributed by atoms with Crippen LogP contribution in [0.15, 0.2) is 24.3 Å². The Hall–Kier alpha value is -2.57. The fourth-order valence-corrected chi connectivity index (χ4v) is 2.58. The van der Waals surface area contributed by atoms with Crippen LogP contribution in [0.25, 0.3) is 0 Å². The third-order valence-corrected chi connectivity index (χ3v) is 3.66. The Morgan fingerprint density at radius 1 is 1.35 bits per heavy atom. The minimum absolute atomic E-state index is 0.0306. The molecule has 0 aliphatic carbocycles. The molecule has 1 aromatic carbocycles. The summed E-state index contributed by atoms with van der Waals surface area (Å²) in [5.41, 5.74) is 6.91. The number of benzene rings is 1. The van der Waals surface area contributed by atoms with E-state index >= 15 is 0 Å². The van der Waals surface area contributed by atoms with E-state index in [1.165, 1.54) is 0 Å². The number of nitrogens with one attached hydrogen (secondary N) is 1. The number of carbonyl (C=O) groups is 3. The monoisotopic (exact) mass is 319 g/mol. The number of ether oxygens (including phenoxy) is 1. The number of nitrogens with zero attached hydrogens (tertiary/aromatic N) is 1. The van der Waals surface area contributed by atoms with Crippen molar-refractivity contribution in [3.05, 3.63) is 29.8 Å². The van der Waals surface area contributed by atoms with Gasteiger partial charge in [-0.15, -0.1) is 0 Å². The molecule has 0 fully saturated rings. The molecule has 1 aliphatic rings. The highest BCUT2D eigenvalue weighted by atomic mass is 16.5. The van der Waals surface area contributed by atoms with E-state index in [2.05, 4.69) is 5.32 Å². The highest BCUT2D eigenvalue weighted by Gasteiger charge is 2.28. The molecule has 7 nitrogen and oxygen atoms in total. The maximum Gasteiger partial charge on any atom is 0.312 e. The van der Waals surface area contributed by atoms with E-state index in [-0.39, 0.29) is 18.9 Å². The van der Waals surface area contributed by atoms with Crippen LogP contribution in [0.1, 0.15) is 25.3 Å². The van der Waals surface area contributed by atoms with E-state index in [9.17, 15) is 14.4 Å². The van der Waals surface area contributed by atoms with E-state index in [0.717, 1.165) is 24.1 Å². The second kappa shape index (κ2) is 7.62. The number of urea groups is 1. The molecule has 1 atom stereocenters. The average molecular weight is 319 g/mol. The largest absolute Gasteiger partial charge is 0.452 e. The van der Waals surface area contributed by atoms with Gasteiger partial charge in [-0.3, -0.25) is 9.59 Å². The van der Waals surface area contributed by atoms with E-state index < -0.39 is 18.1 Å². The lowest BCUT2D eigenvalue weighted by Gasteiger charge is -2.31. The number of nitrogens with two attached hydrogens (primary N) is 1. The molecule has 0 saturated heterocycles. The molecular formula is C16H21N3O4. The Morgan fingerprint density at radius 3 is 2.83 bits per heavy atom. The number of aryl methyl sites for hydroxylation is 1. The van der Waals surface area contributed by atoms with Crippen molar-refractivity contribution in [2.24, 2.45) is 5.73 Å². The maximum atomic E-state index is 12.5. The van der Waals surface area contributed by atoms with Crippen molar-refractivity contribution in [2.45, 2.75) is 32.3 Å². The Bertz CT molecular complexity index is 603. The summed E-state index contributed by atoms with van der Waals surface area (Å²) in [5.74, 6) is -0.793. The van der Waals surface area contributed by atoms with Crippen LogP contribution in [0.4, 0.5) is 10.5 Å². The zero-order valence-electron chi connectivity index (χ0n) is 13.1. The molecular weight excluding hydrogens is 298 g/mol. The Morgan fingerprint density at radius 2 is 2.09 bits per heavy atom. The van der Waals surface area contributed by atoms with Crippen molar-refractivity contribution in [1.29, 1.82) is 0 Å². The Labute approximate surface area is 134 Å². The minimum atomic E-state index is -0.873. The summed E-state index contributed by atoms with van der Waals surface area (Å²) in [6.45, 7) is 2.25. The van der Waals surface area contributed by atoms with Crippen molar-refractivity contribution >= 4 is 23.6 Å². The van der Waals surface area contributed by atoms with Gasteiger partial charge in [0.15, 0.2) is 6.10 Å². The number of primary amides is 1. The smallest absolute Gasteiger partial charge is 0.312 e. The predicted molar refractivity (Wildman–Crippen MR) is 84.9 cm³/mol. The van der Waals surface area contributed by atoms with Crippen LogP contribution in [-0.2, 0) is 20.7 Å². The van der Waals surface area contributed by atoms with Gasteiger partial charge in [-0.2, -0.15) is 0 Å². The standard InChI is InChI=1S/C16H21N3O4/c1-11(23-14(20)8-9-18-16(17)22)15(21)19-10-4-6-12-5-2-3-7-13(12)19/h2-3,5,7,11H,4,6,8-10H2,1H3,(H3,17,18,22)/t11-/m0/s1. The molecule has 3 N–H and O–H groups in total. The average Bonchev–Trinajstić information content (AvgIpc) is 2.53. The molecule has 0 radical (unpaired) electrons. The van der Waals surface area contributed by atoms with E-state index in [4.69, 9.17) is 10.5 Å².